The topological polar surface area (TPSA) is 37.4 Å². The van der Waals surface area contributed by atoms with Gasteiger partial charge in [-0.05, 0) is 43.6 Å². The zero-order valence-corrected chi connectivity index (χ0v) is 12.4. The van der Waals surface area contributed by atoms with Crippen LogP contribution in [0.25, 0.3) is 0 Å². The Hall–Kier alpha value is -0.720. The van der Waals surface area contributed by atoms with E-state index in [2.05, 4.69) is 4.90 Å². The molecule has 1 saturated heterocycles. The van der Waals surface area contributed by atoms with Crippen LogP contribution in [0.4, 0.5) is 8.78 Å². The second-order valence-corrected chi connectivity index (χ2v) is 7.59. The monoisotopic (exact) mass is 323 g/mol. The summed E-state index contributed by atoms with van der Waals surface area (Å²) in [5.41, 5.74) is 1.07. The van der Waals surface area contributed by atoms with Gasteiger partial charge in [0.2, 0.25) is 9.84 Å². The van der Waals surface area contributed by atoms with Gasteiger partial charge in [-0.1, -0.05) is 23.7 Å². The van der Waals surface area contributed by atoms with E-state index in [-0.39, 0.29) is 12.8 Å². The molecule has 0 radical (unpaired) electrons. The minimum atomic E-state index is -4.28. The highest BCUT2D eigenvalue weighted by Gasteiger charge is 2.36. The third kappa shape index (κ3) is 3.68. The van der Waals surface area contributed by atoms with Crippen molar-refractivity contribution in [3.63, 3.8) is 0 Å². The first-order chi connectivity index (χ1) is 9.39. The number of sulfone groups is 1. The lowest BCUT2D eigenvalue weighted by Gasteiger charge is -2.31. The van der Waals surface area contributed by atoms with E-state index in [0.29, 0.717) is 24.7 Å². The van der Waals surface area contributed by atoms with Gasteiger partial charge in [0.1, 0.15) is 0 Å². The summed E-state index contributed by atoms with van der Waals surface area (Å²) in [6, 6.07) is 7.41. The molecule has 0 amide bonds. The highest BCUT2D eigenvalue weighted by Crippen LogP contribution is 2.24. The van der Waals surface area contributed by atoms with Crippen LogP contribution in [-0.4, -0.2) is 37.4 Å². The van der Waals surface area contributed by atoms with Crippen LogP contribution in [0.5, 0.6) is 0 Å². The maximum Gasteiger partial charge on any atom is 0.337 e. The maximum atomic E-state index is 12.5. The molecule has 2 rings (SSSR count). The van der Waals surface area contributed by atoms with Crippen LogP contribution in [0.1, 0.15) is 18.4 Å². The lowest BCUT2D eigenvalue weighted by molar-refractivity contribution is 0.207. The van der Waals surface area contributed by atoms with E-state index in [1.54, 1.807) is 12.1 Å². The standard InChI is InChI=1S/C13H16ClF2NO2S/c14-11-3-1-10(2-4-11)9-17-7-5-12(6-8-17)20(18,19)13(15)16/h1-4,12-13H,5-9H2. The fourth-order valence-electron chi connectivity index (χ4n) is 2.39. The van der Waals surface area contributed by atoms with Crippen molar-refractivity contribution in [2.75, 3.05) is 13.1 Å². The summed E-state index contributed by atoms with van der Waals surface area (Å²) in [4.78, 5) is 2.07. The van der Waals surface area contributed by atoms with Gasteiger partial charge in [0.15, 0.2) is 0 Å². The van der Waals surface area contributed by atoms with E-state index in [9.17, 15) is 17.2 Å². The smallest absolute Gasteiger partial charge is 0.299 e. The number of piperidine rings is 1. The fourth-order valence-corrected chi connectivity index (χ4v) is 3.67. The maximum absolute atomic E-state index is 12.5. The number of rotatable bonds is 4. The summed E-state index contributed by atoms with van der Waals surface area (Å²) in [6.45, 7) is 1.71. The Morgan fingerprint density at radius 1 is 1.20 bits per heavy atom. The molecule has 1 aromatic rings. The van der Waals surface area contributed by atoms with Crippen LogP contribution < -0.4 is 0 Å². The van der Waals surface area contributed by atoms with Crippen molar-refractivity contribution in [2.45, 2.75) is 30.4 Å². The van der Waals surface area contributed by atoms with E-state index in [0.717, 1.165) is 5.56 Å². The summed E-state index contributed by atoms with van der Waals surface area (Å²) in [5.74, 6) is -3.27. The predicted molar refractivity (Wildman–Crippen MR) is 74.7 cm³/mol. The van der Waals surface area contributed by atoms with Crippen LogP contribution in [0.15, 0.2) is 24.3 Å². The lowest BCUT2D eigenvalue weighted by Crippen LogP contribution is -2.40. The SMILES string of the molecule is O=S(=O)(C(F)F)C1CCN(Cc2ccc(Cl)cc2)CC1. The van der Waals surface area contributed by atoms with Gasteiger partial charge in [0.05, 0.1) is 5.25 Å². The molecule has 0 unspecified atom stereocenters. The van der Waals surface area contributed by atoms with Gasteiger partial charge in [-0.3, -0.25) is 4.90 Å². The second kappa shape index (κ2) is 6.37. The van der Waals surface area contributed by atoms with E-state index < -0.39 is 20.8 Å². The Labute approximate surface area is 122 Å². The highest BCUT2D eigenvalue weighted by molar-refractivity contribution is 7.92. The van der Waals surface area contributed by atoms with Gasteiger partial charge in [0.25, 0.3) is 0 Å². The molecule has 0 N–H and O–H groups in total. The van der Waals surface area contributed by atoms with Crippen molar-refractivity contribution in [2.24, 2.45) is 0 Å². The summed E-state index contributed by atoms with van der Waals surface area (Å²) in [6.07, 6.45) is 0.528. The molecular formula is C13H16ClF2NO2S. The van der Waals surface area contributed by atoms with Crippen LogP contribution in [0, 0.1) is 0 Å². The van der Waals surface area contributed by atoms with Gasteiger partial charge in [-0.2, -0.15) is 8.78 Å². The highest BCUT2D eigenvalue weighted by atomic mass is 35.5. The Kier molecular flexibility index (Phi) is 4.99. The van der Waals surface area contributed by atoms with Gasteiger partial charge in [-0.15, -0.1) is 0 Å². The molecule has 1 heterocycles. The van der Waals surface area contributed by atoms with Gasteiger partial charge < -0.3 is 0 Å². The minimum Gasteiger partial charge on any atom is -0.299 e. The fraction of sp³-hybridized carbons (Fsp3) is 0.538. The Morgan fingerprint density at radius 3 is 2.25 bits per heavy atom. The summed E-state index contributed by atoms with van der Waals surface area (Å²) >= 11 is 5.80. The zero-order valence-electron chi connectivity index (χ0n) is 10.8. The van der Waals surface area contributed by atoms with Crippen molar-refractivity contribution in [1.29, 1.82) is 0 Å². The van der Waals surface area contributed by atoms with E-state index >= 15 is 0 Å². The third-order valence-corrected chi connectivity index (χ3v) is 5.72. The largest absolute Gasteiger partial charge is 0.337 e. The number of hydrogen-bond donors (Lipinski definition) is 0. The normalized spacial score (nSPS) is 18.6. The van der Waals surface area contributed by atoms with Crippen molar-refractivity contribution in [3.8, 4) is 0 Å². The molecule has 0 aromatic heterocycles. The molecule has 0 aliphatic carbocycles. The molecule has 0 spiro atoms. The summed E-state index contributed by atoms with van der Waals surface area (Å²) in [5, 5.41) is -0.251. The van der Waals surface area contributed by atoms with Gasteiger partial charge in [0, 0.05) is 11.6 Å². The molecule has 7 heteroatoms. The average Bonchev–Trinajstić information content (AvgIpc) is 2.42. The van der Waals surface area contributed by atoms with Crippen molar-refractivity contribution in [1.82, 2.24) is 4.90 Å². The van der Waals surface area contributed by atoms with Crippen LogP contribution in [0.3, 0.4) is 0 Å². The molecule has 1 fully saturated rings. The quantitative estimate of drug-likeness (QED) is 0.855. The Morgan fingerprint density at radius 2 is 1.75 bits per heavy atom. The van der Waals surface area contributed by atoms with Gasteiger partial charge in [-0.25, -0.2) is 8.42 Å². The van der Waals surface area contributed by atoms with Crippen LogP contribution in [-0.2, 0) is 16.4 Å². The van der Waals surface area contributed by atoms with Crippen LogP contribution in [0.2, 0.25) is 5.02 Å². The summed E-state index contributed by atoms with van der Waals surface area (Å²) < 4.78 is 47.7. The van der Waals surface area contributed by atoms with Crippen molar-refractivity contribution >= 4 is 21.4 Å². The van der Waals surface area contributed by atoms with E-state index in [1.807, 2.05) is 12.1 Å². The first-order valence-electron chi connectivity index (χ1n) is 6.37. The molecular weight excluding hydrogens is 308 g/mol. The Balaban J connectivity index is 1.90. The second-order valence-electron chi connectivity index (χ2n) is 4.95. The van der Waals surface area contributed by atoms with Crippen molar-refractivity contribution < 1.29 is 17.2 Å². The first-order valence-corrected chi connectivity index (χ1v) is 8.36. The molecule has 20 heavy (non-hydrogen) atoms. The molecule has 1 aliphatic heterocycles. The van der Waals surface area contributed by atoms with E-state index in [1.165, 1.54) is 0 Å². The number of likely N-dealkylation sites (tertiary alicyclic amines) is 1. The molecule has 1 aliphatic rings. The average molecular weight is 324 g/mol. The lowest BCUT2D eigenvalue weighted by atomic mass is 10.1. The van der Waals surface area contributed by atoms with E-state index in [4.69, 9.17) is 11.6 Å². The number of alkyl halides is 2. The number of nitrogens with zero attached hydrogens (tertiary/aromatic N) is 1. The molecule has 112 valence electrons. The molecule has 0 saturated carbocycles. The first kappa shape index (κ1) is 15.7. The predicted octanol–water partition coefficient (Wildman–Crippen LogP) is 2.94. The molecule has 1 aromatic carbocycles. The number of hydrogen-bond acceptors (Lipinski definition) is 3. The van der Waals surface area contributed by atoms with Crippen LogP contribution >= 0.6 is 11.6 Å². The summed E-state index contributed by atoms with van der Waals surface area (Å²) in [7, 11) is -4.28. The number of benzene rings is 1. The molecule has 0 bridgehead atoms. The Bertz CT molecular complexity index is 540. The molecule has 0 atom stereocenters. The zero-order chi connectivity index (χ0) is 14.8. The van der Waals surface area contributed by atoms with Crippen molar-refractivity contribution in [3.05, 3.63) is 34.9 Å². The number of halogens is 3. The minimum absolute atomic E-state index is 0.264. The van der Waals surface area contributed by atoms with Gasteiger partial charge >= 0.3 is 5.76 Å². The third-order valence-electron chi connectivity index (χ3n) is 3.57. The molecule has 3 nitrogen and oxygen atoms in total.